The molecule has 0 aliphatic rings. The maximum absolute atomic E-state index is 11.4. The molecule has 0 spiro atoms. The van der Waals surface area contributed by atoms with Gasteiger partial charge < -0.3 is 11.1 Å². The average Bonchev–Trinajstić information content (AvgIpc) is 2.33. The summed E-state index contributed by atoms with van der Waals surface area (Å²) in [5.74, 6) is 0. The maximum atomic E-state index is 11.4. The van der Waals surface area contributed by atoms with Crippen LogP contribution in [0.2, 0.25) is 0 Å². The Morgan fingerprint density at radius 2 is 1.85 bits per heavy atom. The normalized spacial score (nSPS) is 11.3. The van der Waals surface area contributed by atoms with Crippen molar-refractivity contribution in [2.24, 2.45) is 5.14 Å². The van der Waals surface area contributed by atoms with Gasteiger partial charge in [0.05, 0.1) is 11.4 Å². The highest BCUT2D eigenvalue weighted by Crippen LogP contribution is 2.30. The van der Waals surface area contributed by atoms with Crippen LogP contribution >= 0.6 is 15.9 Å². The van der Waals surface area contributed by atoms with Gasteiger partial charge in [-0.1, -0.05) is 22.0 Å². The predicted molar refractivity (Wildman–Crippen MR) is 84.4 cm³/mol. The smallest absolute Gasteiger partial charge is 0.240 e. The van der Waals surface area contributed by atoms with Gasteiger partial charge in [-0.3, -0.25) is 0 Å². The second-order valence-corrected chi connectivity index (χ2v) is 6.79. The molecule has 0 saturated carbocycles. The first-order valence-electron chi connectivity index (χ1n) is 5.73. The zero-order valence-electron chi connectivity index (χ0n) is 10.7. The minimum Gasteiger partial charge on any atom is -0.396 e. The number of sulfonamides is 1. The van der Waals surface area contributed by atoms with E-state index in [1.54, 1.807) is 12.1 Å². The first kappa shape index (κ1) is 14.8. The van der Waals surface area contributed by atoms with Crippen LogP contribution in [0.25, 0.3) is 0 Å². The van der Waals surface area contributed by atoms with Gasteiger partial charge in [0, 0.05) is 10.2 Å². The lowest BCUT2D eigenvalue weighted by atomic mass is 10.2. The summed E-state index contributed by atoms with van der Waals surface area (Å²) in [6.45, 7) is 1.94. The summed E-state index contributed by atoms with van der Waals surface area (Å²) in [4.78, 5) is -0.0859. The number of para-hydroxylation sites is 1. The fourth-order valence-corrected chi connectivity index (χ4v) is 2.97. The SMILES string of the molecule is Cc1cc(Br)ccc1Nc1cccc(S(N)(=O)=O)c1N. The van der Waals surface area contributed by atoms with Gasteiger partial charge in [-0.05, 0) is 42.8 Å². The van der Waals surface area contributed by atoms with Crippen LogP contribution in [0.4, 0.5) is 17.1 Å². The third-order valence-corrected chi connectivity index (χ3v) is 4.29. The van der Waals surface area contributed by atoms with Gasteiger partial charge in [-0.2, -0.15) is 0 Å². The summed E-state index contributed by atoms with van der Waals surface area (Å²) in [5.41, 5.74) is 8.32. The third-order valence-electron chi connectivity index (χ3n) is 2.83. The number of nitrogens with two attached hydrogens (primary N) is 2. The van der Waals surface area contributed by atoms with E-state index in [4.69, 9.17) is 10.9 Å². The fourth-order valence-electron chi connectivity index (χ4n) is 1.81. The standard InChI is InChI=1S/C13H14BrN3O2S/c1-8-7-9(14)5-6-10(8)17-11-3-2-4-12(13(11)15)20(16,18)19/h2-7,17H,15H2,1H3,(H2,16,18,19). The topological polar surface area (TPSA) is 98.2 Å². The number of rotatable bonds is 3. The highest BCUT2D eigenvalue weighted by atomic mass is 79.9. The summed E-state index contributed by atoms with van der Waals surface area (Å²) in [6.07, 6.45) is 0. The number of nitrogen functional groups attached to an aromatic ring is 1. The van der Waals surface area contributed by atoms with Gasteiger partial charge in [0.1, 0.15) is 4.90 Å². The quantitative estimate of drug-likeness (QED) is 0.737. The molecular formula is C13H14BrN3O2S. The van der Waals surface area contributed by atoms with Gasteiger partial charge in [0.25, 0.3) is 0 Å². The van der Waals surface area contributed by atoms with E-state index >= 15 is 0 Å². The van der Waals surface area contributed by atoms with E-state index in [9.17, 15) is 8.42 Å². The van der Waals surface area contributed by atoms with Crippen molar-refractivity contribution in [3.05, 3.63) is 46.4 Å². The second kappa shape index (κ2) is 5.43. The third kappa shape index (κ3) is 3.12. The van der Waals surface area contributed by atoms with E-state index in [0.29, 0.717) is 5.69 Å². The van der Waals surface area contributed by atoms with E-state index < -0.39 is 10.0 Å². The Hall–Kier alpha value is -1.57. The molecule has 0 fully saturated rings. The van der Waals surface area contributed by atoms with Crippen molar-refractivity contribution >= 4 is 43.0 Å². The molecule has 0 aliphatic heterocycles. The molecule has 2 aromatic carbocycles. The zero-order valence-corrected chi connectivity index (χ0v) is 13.1. The Bertz CT molecular complexity index is 760. The molecule has 106 valence electrons. The van der Waals surface area contributed by atoms with Gasteiger partial charge in [0.15, 0.2) is 0 Å². The molecule has 0 unspecified atom stereocenters. The van der Waals surface area contributed by atoms with Crippen molar-refractivity contribution in [2.45, 2.75) is 11.8 Å². The monoisotopic (exact) mass is 355 g/mol. The van der Waals surface area contributed by atoms with Crippen molar-refractivity contribution in [3.8, 4) is 0 Å². The van der Waals surface area contributed by atoms with E-state index in [1.165, 1.54) is 6.07 Å². The number of primary sulfonamides is 1. The van der Waals surface area contributed by atoms with Crippen molar-refractivity contribution in [1.29, 1.82) is 0 Å². The van der Waals surface area contributed by atoms with E-state index in [-0.39, 0.29) is 10.6 Å². The van der Waals surface area contributed by atoms with Gasteiger partial charge in [-0.25, -0.2) is 13.6 Å². The molecule has 2 aromatic rings. The van der Waals surface area contributed by atoms with Crippen molar-refractivity contribution < 1.29 is 8.42 Å². The Morgan fingerprint density at radius 1 is 1.15 bits per heavy atom. The number of aryl methyl sites for hydroxylation is 1. The van der Waals surface area contributed by atoms with Crippen LogP contribution in [0.3, 0.4) is 0 Å². The van der Waals surface area contributed by atoms with E-state index in [2.05, 4.69) is 21.2 Å². The Kier molecular flexibility index (Phi) is 4.03. The van der Waals surface area contributed by atoms with Crippen molar-refractivity contribution in [2.75, 3.05) is 11.1 Å². The summed E-state index contributed by atoms with van der Waals surface area (Å²) < 4.78 is 23.8. The van der Waals surface area contributed by atoms with Crippen LogP contribution in [0, 0.1) is 6.92 Å². The first-order valence-corrected chi connectivity index (χ1v) is 8.07. The number of halogens is 1. The fraction of sp³-hybridized carbons (Fsp3) is 0.0769. The molecule has 5 N–H and O–H groups in total. The van der Waals surface area contributed by atoms with Crippen LogP contribution < -0.4 is 16.2 Å². The highest BCUT2D eigenvalue weighted by molar-refractivity contribution is 9.10. The largest absolute Gasteiger partial charge is 0.396 e. The molecule has 5 nitrogen and oxygen atoms in total. The summed E-state index contributed by atoms with van der Waals surface area (Å²) in [5, 5.41) is 8.24. The van der Waals surface area contributed by atoms with Crippen LogP contribution in [-0.2, 0) is 10.0 Å². The van der Waals surface area contributed by atoms with Gasteiger partial charge in [-0.15, -0.1) is 0 Å². The minimum absolute atomic E-state index is 0.0859. The zero-order chi connectivity index (χ0) is 14.9. The summed E-state index contributed by atoms with van der Waals surface area (Å²) >= 11 is 3.39. The average molecular weight is 356 g/mol. The Balaban J connectivity index is 2.45. The molecule has 0 saturated heterocycles. The number of nitrogens with one attached hydrogen (secondary N) is 1. The number of benzene rings is 2. The molecule has 0 heterocycles. The molecule has 0 aromatic heterocycles. The lowest BCUT2D eigenvalue weighted by Gasteiger charge is -2.14. The predicted octanol–water partition coefficient (Wildman–Crippen LogP) is 2.73. The molecule has 2 rings (SSSR count). The Labute approximate surface area is 126 Å². The first-order chi connectivity index (χ1) is 9.29. The molecule has 0 aliphatic carbocycles. The van der Waals surface area contributed by atoms with Crippen LogP contribution in [0.15, 0.2) is 45.8 Å². The minimum atomic E-state index is -3.84. The summed E-state index contributed by atoms with van der Waals surface area (Å²) in [6, 6.07) is 10.4. The molecule has 7 heteroatoms. The molecule has 0 radical (unpaired) electrons. The molecule has 0 bridgehead atoms. The Morgan fingerprint density at radius 3 is 2.45 bits per heavy atom. The molecule has 20 heavy (non-hydrogen) atoms. The van der Waals surface area contributed by atoms with Crippen molar-refractivity contribution in [1.82, 2.24) is 0 Å². The lowest BCUT2D eigenvalue weighted by Crippen LogP contribution is -2.15. The molecule has 0 atom stereocenters. The molecular weight excluding hydrogens is 342 g/mol. The number of hydrogen-bond acceptors (Lipinski definition) is 4. The van der Waals surface area contributed by atoms with Gasteiger partial charge >= 0.3 is 0 Å². The second-order valence-electron chi connectivity index (χ2n) is 4.35. The van der Waals surface area contributed by atoms with E-state index in [1.807, 2.05) is 25.1 Å². The molecule has 0 amide bonds. The lowest BCUT2D eigenvalue weighted by molar-refractivity contribution is 0.598. The van der Waals surface area contributed by atoms with Crippen molar-refractivity contribution in [3.63, 3.8) is 0 Å². The highest BCUT2D eigenvalue weighted by Gasteiger charge is 2.15. The summed E-state index contributed by atoms with van der Waals surface area (Å²) in [7, 11) is -3.84. The number of hydrogen-bond donors (Lipinski definition) is 3. The van der Waals surface area contributed by atoms with Crippen LogP contribution in [0.5, 0.6) is 0 Å². The van der Waals surface area contributed by atoms with Crippen LogP contribution in [-0.4, -0.2) is 8.42 Å². The van der Waals surface area contributed by atoms with E-state index in [0.717, 1.165) is 15.7 Å². The maximum Gasteiger partial charge on any atom is 0.240 e. The number of anilines is 3. The van der Waals surface area contributed by atoms with Crippen LogP contribution in [0.1, 0.15) is 5.56 Å². The van der Waals surface area contributed by atoms with Gasteiger partial charge in [0.2, 0.25) is 10.0 Å².